The lowest BCUT2D eigenvalue weighted by molar-refractivity contribution is 0.329. The van der Waals surface area contributed by atoms with Gasteiger partial charge in [0.05, 0.1) is 0 Å². The van der Waals surface area contributed by atoms with Gasteiger partial charge in [0.25, 0.3) is 0 Å². The van der Waals surface area contributed by atoms with Crippen molar-refractivity contribution in [2.75, 3.05) is 20.6 Å². The third-order valence-electron chi connectivity index (χ3n) is 1.65. The Hall–Kier alpha value is -0.370. The fourth-order valence-corrected chi connectivity index (χ4v) is 0.878. The van der Waals surface area contributed by atoms with Gasteiger partial charge in [0.1, 0.15) is 0 Å². The van der Waals surface area contributed by atoms with Crippen LogP contribution in [0.25, 0.3) is 0 Å². The first-order chi connectivity index (χ1) is 4.57. The summed E-state index contributed by atoms with van der Waals surface area (Å²) in [5, 5.41) is 7.13. The summed E-state index contributed by atoms with van der Waals surface area (Å²) < 4.78 is 0. The van der Waals surface area contributed by atoms with E-state index < -0.39 is 0 Å². The largest absolute Gasteiger partial charge is 0.313 e. The van der Waals surface area contributed by atoms with Gasteiger partial charge in [0.2, 0.25) is 0 Å². The molecule has 1 atom stereocenters. The minimum absolute atomic E-state index is 0.412. The number of hydrogen-bond donors (Lipinski definition) is 1. The van der Waals surface area contributed by atoms with Gasteiger partial charge < -0.3 is 10.3 Å². The quantitative estimate of drug-likeness (QED) is 0.591. The molecule has 60 valence electrons. The van der Waals surface area contributed by atoms with Crippen LogP contribution in [0.1, 0.15) is 13.8 Å². The van der Waals surface area contributed by atoms with Crippen molar-refractivity contribution in [2.24, 2.45) is 11.8 Å². The van der Waals surface area contributed by atoms with Crippen LogP contribution < -0.4 is 0 Å². The summed E-state index contributed by atoms with van der Waals surface area (Å²) in [5.74, 6) is 0.995. The van der Waals surface area contributed by atoms with Gasteiger partial charge >= 0.3 is 0 Å². The Labute approximate surface area is 63.7 Å². The third kappa shape index (κ3) is 3.62. The van der Waals surface area contributed by atoms with Crippen molar-refractivity contribution in [3.8, 4) is 0 Å². The molecule has 0 saturated heterocycles. The van der Waals surface area contributed by atoms with Crippen LogP contribution in [0.5, 0.6) is 0 Å². The van der Waals surface area contributed by atoms with Gasteiger partial charge in [-0.2, -0.15) is 0 Å². The van der Waals surface area contributed by atoms with Crippen LogP contribution in [0.15, 0.2) is 0 Å². The minimum atomic E-state index is 0.412. The van der Waals surface area contributed by atoms with E-state index in [1.807, 2.05) is 14.1 Å². The molecule has 2 heteroatoms. The Morgan fingerprint density at radius 2 is 1.90 bits per heavy atom. The Morgan fingerprint density at radius 1 is 1.40 bits per heavy atom. The predicted octanol–water partition coefficient (Wildman–Crippen LogP) is 1.47. The number of nitrogens with zero attached hydrogens (tertiary/aromatic N) is 1. The van der Waals surface area contributed by atoms with E-state index in [0.717, 1.165) is 6.54 Å². The SMILES string of the molecule is CC(C)C(C=N)CN(C)C. The topological polar surface area (TPSA) is 27.1 Å². The second-order valence-electron chi connectivity index (χ2n) is 3.34. The van der Waals surface area contributed by atoms with E-state index >= 15 is 0 Å². The molecule has 0 fully saturated rings. The molecule has 10 heavy (non-hydrogen) atoms. The molecule has 0 aliphatic heterocycles. The van der Waals surface area contributed by atoms with Gasteiger partial charge in [-0.3, -0.25) is 0 Å². The minimum Gasteiger partial charge on any atom is -0.313 e. The highest BCUT2D eigenvalue weighted by Crippen LogP contribution is 2.07. The molecule has 0 heterocycles. The smallest absolute Gasteiger partial charge is 0.00855 e. The highest BCUT2D eigenvalue weighted by Gasteiger charge is 2.10. The first-order valence-corrected chi connectivity index (χ1v) is 3.73. The molecule has 0 saturated carbocycles. The fourth-order valence-electron chi connectivity index (χ4n) is 0.878. The normalized spacial score (nSPS) is 14.2. The van der Waals surface area contributed by atoms with E-state index in [0.29, 0.717) is 11.8 Å². The third-order valence-corrected chi connectivity index (χ3v) is 1.65. The molecule has 0 rings (SSSR count). The van der Waals surface area contributed by atoms with Crippen molar-refractivity contribution < 1.29 is 0 Å². The molecular weight excluding hydrogens is 124 g/mol. The molecule has 0 aliphatic carbocycles. The van der Waals surface area contributed by atoms with Crippen molar-refractivity contribution in [2.45, 2.75) is 13.8 Å². The molecule has 1 unspecified atom stereocenters. The van der Waals surface area contributed by atoms with E-state index in [9.17, 15) is 0 Å². The van der Waals surface area contributed by atoms with Gasteiger partial charge in [0, 0.05) is 12.5 Å². The molecule has 0 aromatic rings. The maximum atomic E-state index is 7.13. The van der Waals surface area contributed by atoms with Crippen LogP contribution in [0.3, 0.4) is 0 Å². The van der Waals surface area contributed by atoms with Crippen LogP contribution in [0.2, 0.25) is 0 Å². The predicted molar refractivity (Wildman–Crippen MR) is 45.7 cm³/mol. The van der Waals surface area contributed by atoms with Crippen molar-refractivity contribution >= 4 is 6.21 Å². The van der Waals surface area contributed by atoms with Gasteiger partial charge in [-0.1, -0.05) is 13.8 Å². The lowest BCUT2D eigenvalue weighted by atomic mass is 9.97. The highest BCUT2D eigenvalue weighted by molar-refractivity contribution is 5.57. The van der Waals surface area contributed by atoms with Gasteiger partial charge in [-0.15, -0.1) is 0 Å². The second kappa shape index (κ2) is 4.45. The van der Waals surface area contributed by atoms with Crippen LogP contribution >= 0.6 is 0 Å². The van der Waals surface area contributed by atoms with E-state index in [4.69, 9.17) is 5.41 Å². The molecule has 0 aromatic carbocycles. The molecule has 0 bridgehead atoms. The van der Waals surface area contributed by atoms with Crippen molar-refractivity contribution in [3.63, 3.8) is 0 Å². The zero-order valence-electron chi connectivity index (χ0n) is 7.39. The van der Waals surface area contributed by atoms with E-state index in [1.54, 1.807) is 6.21 Å². The van der Waals surface area contributed by atoms with Gasteiger partial charge in [-0.05, 0) is 26.2 Å². The van der Waals surface area contributed by atoms with Crippen LogP contribution in [0, 0.1) is 17.2 Å². The first-order valence-electron chi connectivity index (χ1n) is 3.73. The Kier molecular flexibility index (Phi) is 4.28. The summed E-state index contributed by atoms with van der Waals surface area (Å²) in [4.78, 5) is 2.12. The zero-order valence-corrected chi connectivity index (χ0v) is 7.39. The maximum Gasteiger partial charge on any atom is 0.00855 e. The van der Waals surface area contributed by atoms with Gasteiger partial charge in [0.15, 0.2) is 0 Å². The monoisotopic (exact) mass is 142 g/mol. The Bertz CT molecular complexity index is 97.4. The zero-order chi connectivity index (χ0) is 8.15. The molecular formula is C8H18N2. The highest BCUT2D eigenvalue weighted by atomic mass is 15.1. The molecule has 1 N–H and O–H groups in total. The molecule has 2 nitrogen and oxygen atoms in total. The molecule has 0 aromatic heterocycles. The summed E-state index contributed by atoms with van der Waals surface area (Å²) in [7, 11) is 4.08. The summed E-state index contributed by atoms with van der Waals surface area (Å²) in [6, 6.07) is 0. The van der Waals surface area contributed by atoms with Crippen LogP contribution in [-0.2, 0) is 0 Å². The van der Waals surface area contributed by atoms with Crippen molar-refractivity contribution in [1.82, 2.24) is 4.90 Å². The first kappa shape index (κ1) is 9.63. The molecule has 0 amide bonds. The lowest BCUT2D eigenvalue weighted by Crippen LogP contribution is -2.25. The molecule has 0 spiro atoms. The number of rotatable bonds is 4. The fraction of sp³-hybridized carbons (Fsp3) is 0.875. The number of hydrogen-bond acceptors (Lipinski definition) is 2. The van der Waals surface area contributed by atoms with Crippen molar-refractivity contribution in [1.29, 1.82) is 5.41 Å². The summed E-state index contributed by atoms with van der Waals surface area (Å²) in [6.45, 7) is 5.29. The average Bonchev–Trinajstić information content (AvgIpc) is 1.81. The lowest BCUT2D eigenvalue weighted by Gasteiger charge is -2.19. The van der Waals surface area contributed by atoms with E-state index in [1.165, 1.54) is 0 Å². The van der Waals surface area contributed by atoms with Gasteiger partial charge in [-0.25, -0.2) is 0 Å². The second-order valence-corrected chi connectivity index (χ2v) is 3.34. The maximum absolute atomic E-state index is 7.13. The summed E-state index contributed by atoms with van der Waals surface area (Å²) >= 11 is 0. The summed E-state index contributed by atoms with van der Waals surface area (Å²) in [6.07, 6.45) is 1.55. The Morgan fingerprint density at radius 3 is 2.00 bits per heavy atom. The molecule has 0 radical (unpaired) electrons. The van der Waals surface area contributed by atoms with E-state index in [-0.39, 0.29) is 0 Å². The van der Waals surface area contributed by atoms with Crippen LogP contribution in [-0.4, -0.2) is 31.8 Å². The summed E-state index contributed by atoms with van der Waals surface area (Å²) in [5.41, 5.74) is 0. The van der Waals surface area contributed by atoms with Crippen molar-refractivity contribution in [3.05, 3.63) is 0 Å². The standard InChI is InChI=1S/C8H18N2/c1-7(2)8(5-9)6-10(3)4/h5,7-9H,6H2,1-4H3. The number of nitrogens with one attached hydrogen (secondary N) is 1. The van der Waals surface area contributed by atoms with Crippen LogP contribution in [0.4, 0.5) is 0 Å². The Balaban J connectivity index is 3.71. The molecule has 0 aliphatic rings. The average molecular weight is 142 g/mol. The van der Waals surface area contributed by atoms with E-state index in [2.05, 4.69) is 18.7 Å².